The van der Waals surface area contributed by atoms with E-state index in [1.165, 1.54) is 16.5 Å². The van der Waals surface area contributed by atoms with Crippen molar-refractivity contribution < 1.29 is 5.21 Å². The summed E-state index contributed by atoms with van der Waals surface area (Å²) in [7, 11) is 1.97. The summed E-state index contributed by atoms with van der Waals surface area (Å²) in [6.45, 7) is 0.912. The molecule has 0 fully saturated rings. The molecular formula is C22H23Cl2N5O. The normalized spacial score (nSPS) is 11.0. The van der Waals surface area contributed by atoms with Crippen molar-refractivity contribution in [2.24, 2.45) is 10.9 Å². The number of hydrogen-bond donors (Lipinski definition) is 5. The Bertz CT molecular complexity index is 1150. The Morgan fingerprint density at radius 1 is 1.00 bits per heavy atom. The zero-order valence-corrected chi connectivity index (χ0v) is 17.9. The van der Waals surface area contributed by atoms with Crippen LogP contribution in [0.25, 0.3) is 21.8 Å². The van der Waals surface area contributed by atoms with Crippen LogP contribution in [0, 0.1) is 0 Å². The molecule has 0 aliphatic carbocycles. The molecule has 0 bridgehead atoms. The van der Waals surface area contributed by atoms with Crippen molar-refractivity contribution in [1.29, 1.82) is 0 Å². The van der Waals surface area contributed by atoms with Gasteiger partial charge in [0.05, 0.1) is 0 Å². The average Bonchev–Trinajstić information content (AvgIpc) is 3.12. The fourth-order valence-electron chi connectivity index (χ4n) is 3.27. The van der Waals surface area contributed by atoms with Crippen molar-refractivity contribution in [3.8, 4) is 0 Å². The Labute approximate surface area is 184 Å². The first-order chi connectivity index (χ1) is 14.5. The first-order valence-corrected chi connectivity index (χ1v) is 10.1. The summed E-state index contributed by atoms with van der Waals surface area (Å²) in [5.41, 5.74) is 10.1. The fraction of sp³-hybridized carbons (Fsp3) is 0.136. The molecular weight excluding hydrogens is 421 g/mol. The lowest BCUT2D eigenvalue weighted by Gasteiger charge is -2.11. The van der Waals surface area contributed by atoms with Gasteiger partial charge in [0.1, 0.15) is 6.34 Å². The van der Waals surface area contributed by atoms with Crippen LogP contribution < -0.4 is 16.4 Å². The number of aromatic amines is 1. The molecule has 1 aromatic heterocycles. The minimum Gasteiger partial charge on any atom is -0.410 e. The molecule has 0 aliphatic rings. The number of halogens is 2. The largest absolute Gasteiger partial charge is 0.410 e. The van der Waals surface area contributed by atoms with Gasteiger partial charge >= 0.3 is 0 Å². The SMILES string of the molecule is CNCCc1cc(Nc2ccc(Cl)cc2)cc2c1[nH]c1ccc(Cl)cc12.N/C=N\O. The molecule has 156 valence electrons. The standard InChI is InChI=1S/C21H19Cl2N3.CH4N2O/c1-24-9-8-13-10-17(25-16-5-2-14(22)3-6-16)12-19-18-11-15(23)4-7-20(18)26-21(13)19;2-1-3-4/h2-7,10-12,24-26H,8-9H2,1H3;1,4H,(H2,2,3). The summed E-state index contributed by atoms with van der Waals surface area (Å²) in [6, 6.07) is 18.1. The fourth-order valence-corrected chi connectivity index (χ4v) is 3.57. The molecule has 4 aromatic rings. The Morgan fingerprint density at radius 2 is 1.70 bits per heavy atom. The van der Waals surface area contributed by atoms with Crippen molar-refractivity contribution >= 4 is 62.7 Å². The van der Waals surface area contributed by atoms with Gasteiger partial charge in [-0.15, -0.1) is 0 Å². The van der Waals surface area contributed by atoms with Crippen LogP contribution in [-0.2, 0) is 6.42 Å². The quantitative estimate of drug-likeness (QED) is 0.122. The molecule has 0 radical (unpaired) electrons. The molecule has 0 aliphatic heterocycles. The van der Waals surface area contributed by atoms with Crippen molar-refractivity contribution in [2.45, 2.75) is 6.42 Å². The van der Waals surface area contributed by atoms with E-state index >= 15 is 0 Å². The van der Waals surface area contributed by atoms with Crippen LogP contribution in [0.4, 0.5) is 11.4 Å². The molecule has 0 spiro atoms. The van der Waals surface area contributed by atoms with E-state index in [1.54, 1.807) is 0 Å². The maximum Gasteiger partial charge on any atom is 0.125 e. The lowest BCUT2D eigenvalue weighted by Crippen LogP contribution is -2.10. The van der Waals surface area contributed by atoms with E-state index in [4.69, 9.17) is 28.4 Å². The van der Waals surface area contributed by atoms with Crippen LogP contribution in [-0.4, -0.2) is 30.1 Å². The molecule has 4 rings (SSSR count). The minimum atomic E-state index is 0.729. The van der Waals surface area contributed by atoms with E-state index in [0.717, 1.165) is 51.6 Å². The first-order valence-electron chi connectivity index (χ1n) is 9.34. The highest BCUT2D eigenvalue weighted by Crippen LogP contribution is 2.33. The van der Waals surface area contributed by atoms with Gasteiger partial charge in [0.25, 0.3) is 0 Å². The number of hydrogen-bond acceptors (Lipinski definition) is 4. The zero-order valence-electron chi connectivity index (χ0n) is 16.4. The molecule has 6 N–H and O–H groups in total. The monoisotopic (exact) mass is 443 g/mol. The smallest absolute Gasteiger partial charge is 0.125 e. The Morgan fingerprint density at radius 3 is 2.37 bits per heavy atom. The van der Waals surface area contributed by atoms with Crippen LogP contribution in [0.3, 0.4) is 0 Å². The molecule has 0 amide bonds. The van der Waals surface area contributed by atoms with Crippen molar-refractivity contribution in [1.82, 2.24) is 10.3 Å². The molecule has 6 nitrogen and oxygen atoms in total. The van der Waals surface area contributed by atoms with E-state index in [0.29, 0.717) is 0 Å². The lowest BCUT2D eigenvalue weighted by atomic mass is 10.0. The molecule has 0 unspecified atom stereocenters. The van der Waals surface area contributed by atoms with Crippen LogP contribution in [0.5, 0.6) is 0 Å². The molecule has 0 saturated carbocycles. The number of anilines is 2. The van der Waals surface area contributed by atoms with Gasteiger partial charge in [-0.25, -0.2) is 0 Å². The summed E-state index contributed by atoms with van der Waals surface area (Å²) in [5.74, 6) is 0. The van der Waals surface area contributed by atoms with Gasteiger partial charge < -0.3 is 26.6 Å². The van der Waals surface area contributed by atoms with Crippen molar-refractivity contribution in [3.63, 3.8) is 0 Å². The number of oxime groups is 1. The number of nitrogens with one attached hydrogen (secondary N) is 3. The Kier molecular flexibility index (Phi) is 7.41. The molecule has 0 atom stereocenters. The molecule has 3 aromatic carbocycles. The highest BCUT2D eigenvalue weighted by molar-refractivity contribution is 6.32. The third kappa shape index (κ3) is 5.16. The summed E-state index contributed by atoms with van der Waals surface area (Å²) >= 11 is 12.2. The van der Waals surface area contributed by atoms with E-state index in [1.807, 2.05) is 49.5 Å². The number of rotatable bonds is 5. The third-order valence-electron chi connectivity index (χ3n) is 4.60. The van der Waals surface area contributed by atoms with E-state index in [-0.39, 0.29) is 0 Å². The Hall–Kier alpha value is -2.93. The number of fused-ring (bicyclic) bond motifs is 3. The Balaban J connectivity index is 0.000000589. The second-order valence-electron chi connectivity index (χ2n) is 6.62. The van der Waals surface area contributed by atoms with Gasteiger partial charge in [-0.3, -0.25) is 0 Å². The first kappa shape index (κ1) is 21.8. The van der Waals surface area contributed by atoms with Crippen LogP contribution in [0.15, 0.2) is 59.8 Å². The highest BCUT2D eigenvalue weighted by Gasteiger charge is 2.11. The van der Waals surface area contributed by atoms with Gasteiger partial charge in [0, 0.05) is 43.2 Å². The van der Waals surface area contributed by atoms with Crippen molar-refractivity contribution in [3.05, 3.63) is 70.2 Å². The van der Waals surface area contributed by atoms with Gasteiger partial charge in [-0.1, -0.05) is 28.4 Å². The van der Waals surface area contributed by atoms with Crippen LogP contribution in [0.2, 0.25) is 10.0 Å². The molecule has 8 heteroatoms. The lowest BCUT2D eigenvalue weighted by molar-refractivity contribution is 0.321. The number of nitrogens with zero attached hydrogens (tertiary/aromatic N) is 1. The predicted octanol–water partition coefficient (Wildman–Crippen LogP) is 5.50. The number of benzene rings is 3. The summed E-state index contributed by atoms with van der Waals surface area (Å²) in [5, 5.41) is 20.2. The molecule has 0 saturated heterocycles. The second-order valence-corrected chi connectivity index (χ2v) is 7.50. The summed E-state index contributed by atoms with van der Waals surface area (Å²) < 4.78 is 0. The minimum absolute atomic E-state index is 0.729. The van der Waals surface area contributed by atoms with Gasteiger partial charge in [-0.05, 0) is 80.2 Å². The number of aromatic nitrogens is 1. The summed E-state index contributed by atoms with van der Waals surface area (Å²) in [6.07, 6.45) is 1.74. The average molecular weight is 444 g/mol. The van der Waals surface area contributed by atoms with Gasteiger partial charge in [-0.2, -0.15) is 0 Å². The number of nitrogens with two attached hydrogens (primary N) is 1. The summed E-state index contributed by atoms with van der Waals surface area (Å²) in [4.78, 5) is 3.55. The van der Waals surface area contributed by atoms with Crippen molar-refractivity contribution in [2.75, 3.05) is 18.9 Å². The zero-order chi connectivity index (χ0) is 21.5. The van der Waals surface area contributed by atoms with Gasteiger partial charge in [0.15, 0.2) is 0 Å². The third-order valence-corrected chi connectivity index (χ3v) is 5.08. The molecule has 30 heavy (non-hydrogen) atoms. The van der Waals surface area contributed by atoms with Crippen LogP contribution >= 0.6 is 23.2 Å². The van der Waals surface area contributed by atoms with E-state index in [9.17, 15) is 0 Å². The second kappa shape index (κ2) is 10.2. The number of likely N-dealkylation sites (N-methyl/N-ethyl adjacent to an activating group) is 1. The van der Waals surface area contributed by atoms with Gasteiger partial charge in [0.2, 0.25) is 0 Å². The predicted molar refractivity (Wildman–Crippen MR) is 128 cm³/mol. The maximum atomic E-state index is 7.32. The molecule has 1 heterocycles. The van der Waals surface area contributed by atoms with Crippen LogP contribution in [0.1, 0.15) is 5.56 Å². The number of H-pyrrole nitrogens is 1. The van der Waals surface area contributed by atoms with E-state index < -0.39 is 0 Å². The topological polar surface area (TPSA) is 98.5 Å². The van der Waals surface area contributed by atoms with E-state index in [2.05, 4.69) is 38.6 Å². The highest BCUT2D eigenvalue weighted by atomic mass is 35.5. The maximum absolute atomic E-state index is 7.32.